The van der Waals surface area contributed by atoms with E-state index in [0.717, 1.165) is 32.1 Å². The molecule has 0 heterocycles. The summed E-state index contributed by atoms with van der Waals surface area (Å²) in [6.07, 6.45) is 4.81. The zero-order valence-corrected chi connectivity index (χ0v) is 14.1. The minimum Gasteiger partial charge on any atom is -0.356 e. The summed E-state index contributed by atoms with van der Waals surface area (Å²) in [6.45, 7) is 0.693. The van der Waals surface area contributed by atoms with Crippen molar-refractivity contribution >= 4 is 29.1 Å². The maximum absolute atomic E-state index is 12.2. The number of halogens is 1. The number of hydrogen-bond donors (Lipinski definition) is 2. The van der Waals surface area contributed by atoms with Crippen molar-refractivity contribution in [2.45, 2.75) is 38.1 Å². The van der Waals surface area contributed by atoms with Gasteiger partial charge in [0.2, 0.25) is 5.91 Å². The number of nitrogens with two attached hydrogens (primary N) is 1. The molecular formula is C19H25ClN2O. The van der Waals surface area contributed by atoms with E-state index in [0.29, 0.717) is 6.54 Å². The minimum absolute atomic E-state index is 0. The van der Waals surface area contributed by atoms with E-state index in [4.69, 9.17) is 5.73 Å². The number of fused-ring (bicyclic) bond motifs is 1. The lowest BCUT2D eigenvalue weighted by atomic mass is 9.85. The van der Waals surface area contributed by atoms with Gasteiger partial charge >= 0.3 is 0 Å². The Labute approximate surface area is 144 Å². The molecule has 4 heteroatoms. The predicted octanol–water partition coefficient (Wildman–Crippen LogP) is 3.44. The average Bonchev–Trinajstić information content (AvgIpc) is 2.55. The molecule has 2 unspecified atom stereocenters. The Balaban J connectivity index is 0.00000192. The molecule has 0 aromatic heterocycles. The number of hydrogen-bond acceptors (Lipinski definition) is 2. The summed E-state index contributed by atoms with van der Waals surface area (Å²) in [5.41, 5.74) is 7.26. The van der Waals surface area contributed by atoms with Crippen LogP contribution in [0.1, 0.15) is 31.2 Å². The lowest BCUT2D eigenvalue weighted by Crippen LogP contribution is -2.38. The second-order valence-electron chi connectivity index (χ2n) is 6.30. The van der Waals surface area contributed by atoms with E-state index in [1.807, 2.05) is 0 Å². The van der Waals surface area contributed by atoms with Gasteiger partial charge in [-0.1, -0.05) is 48.9 Å². The second-order valence-corrected chi connectivity index (χ2v) is 6.30. The summed E-state index contributed by atoms with van der Waals surface area (Å²) in [6, 6.07) is 14.9. The van der Waals surface area contributed by atoms with Crippen LogP contribution in [0.4, 0.5) is 0 Å². The molecule has 0 spiro atoms. The first-order valence-electron chi connectivity index (χ1n) is 8.24. The third-order valence-electron chi connectivity index (χ3n) is 4.66. The number of rotatable bonds is 4. The van der Waals surface area contributed by atoms with Gasteiger partial charge in [0.15, 0.2) is 0 Å². The first-order valence-corrected chi connectivity index (χ1v) is 8.24. The van der Waals surface area contributed by atoms with E-state index in [2.05, 4.69) is 47.8 Å². The Hall–Kier alpha value is -1.58. The van der Waals surface area contributed by atoms with Crippen LogP contribution in [-0.4, -0.2) is 18.5 Å². The molecule has 23 heavy (non-hydrogen) atoms. The molecule has 3 nitrogen and oxygen atoms in total. The fourth-order valence-electron chi connectivity index (χ4n) is 3.44. The van der Waals surface area contributed by atoms with Crippen molar-refractivity contribution in [1.82, 2.24) is 5.32 Å². The van der Waals surface area contributed by atoms with Gasteiger partial charge in [0.05, 0.1) is 0 Å². The molecule has 1 aliphatic rings. The third kappa shape index (κ3) is 4.46. The molecule has 1 fully saturated rings. The first-order chi connectivity index (χ1) is 10.7. The van der Waals surface area contributed by atoms with Crippen LogP contribution < -0.4 is 11.1 Å². The Kier molecular flexibility index (Phi) is 6.43. The topological polar surface area (TPSA) is 55.1 Å². The molecular weight excluding hydrogens is 308 g/mol. The van der Waals surface area contributed by atoms with Crippen molar-refractivity contribution in [2.24, 2.45) is 11.7 Å². The van der Waals surface area contributed by atoms with Crippen LogP contribution in [0.2, 0.25) is 0 Å². The van der Waals surface area contributed by atoms with Crippen LogP contribution in [0.5, 0.6) is 0 Å². The van der Waals surface area contributed by atoms with Gasteiger partial charge in [0.25, 0.3) is 0 Å². The lowest BCUT2D eigenvalue weighted by molar-refractivity contribution is -0.126. The summed E-state index contributed by atoms with van der Waals surface area (Å²) in [4.78, 5) is 12.2. The maximum atomic E-state index is 12.2. The molecule has 3 N–H and O–H groups in total. The first kappa shape index (κ1) is 17.8. The Bertz CT molecular complexity index is 653. The molecule has 2 aromatic carbocycles. The number of amides is 1. The number of carbonyl (C=O) groups excluding carboxylic acids is 1. The van der Waals surface area contributed by atoms with E-state index in [9.17, 15) is 4.79 Å². The van der Waals surface area contributed by atoms with E-state index in [-0.39, 0.29) is 30.3 Å². The quantitative estimate of drug-likeness (QED) is 0.901. The average molecular weight is 333 g/mol. The lowest BCUT2D eigenvalue weighted by Gasteiger charge is -2.25. The van der Waals surface area contributed by atoms with E-state index < -0.39 is 0 Å². The molecule has 1 saturated carbocycles. The number of carbonyl (C=O) groups is 1. The van der Waals surface area contributed by atoms with Crippen LogP contribution in [0, 0.1) is 5.92 Å². The van der Waals surface area contributed by atoms with Crippen LogP contribution in [0.25, 0.3) is 10.8 Å². The van der Waals surface area contributed by atoms with Crippen LogP contribution in [0.15, 0.2) is 42.5 Å². The van der Waals surface area contributed by atoms with Gasteiger partial charge in [-0.05, 0) is 42.0 Å². The van der Waals surface area contributed by atoms with Crippen LogP contribution in [-0.2, 0) is 11.2 Å². The van der Waals surface area contributed by atoms with Crippen molar-refractivity contribution < 1.29 is 4.79 Å². The van der Waals surface area contributed by atoms with Gasteiger partial charge in [-0.25, -0.2) is 0 Å². The SMILES string of the molecule is Cl.NC1CCCC(C(=O)NCCc2cccc3ccccc23)C1. The van der Waals surface area contributed by atoms with Crippen molar-refractivity contribution in [3.8, 4) is 0 Å². The van der Waals surface area contributed by atoms with Gasteiger partial charge in [-0.3, -0.25) is 4.79 Å². The molecule has 0 radical (unpaired) electrons. The van der Waals surface area contributed by atoms with Gasteiger partial charge < -0.3 is 11.1 Å². The molecule has 0 saturated heterocycles. The predicted molar refractivity (Wildman–Crippen MR) is 97.8 cm³/mol. The van der Waals surface area contributed by atoms with Gasteiger partial charge in [-0.2, -0.15) is 0 Å². The molecule has 2 atom stereocenters. The molecule has 1 aliphatic carbocycles. The minimum atomic E-state index is 0. The van der Waals surface area contributed by atoms with Crippen molar-refractivity contribution in [2.75, 3.05) is 6.54 Å². The molecule has 3 rings (SSSR count). The van der Waals surface area contributed by atoms with Crippen LogP contribution in [0.3, 0.4) is 0 Å². The molecule has 1 amide bonds. The number of nitrogens with one attached hydrogen (secondary N) is 1. The summed E-state index contributed by atoms with van der Waals surface area (Å²) >= 11 is 0. The Morgan fingerprint density at radius 2 is 1.91 bits per heavy atom. The van der Waals surface area contributed by atoms with E-state index in [1.54, 1.807) is 0 Å². The zero-order chi connectivity index (χ0) is 15.4. The summed E-state index contributed by atoms with van der Waals surface area (Å²) < 4.78 is 0. The van der Waals surface area contributed by atoms with Crippen molar-refractivity contribution in [3.63, 3.8) is 0 Å². The highest BCUT2D eigenvalue weighted by molar-refractivity contribution is 5.86. The van der Waals surface area contributed by atoms with Crippen molar-refractivity contribution in [3.05, 3.63) is 48.0 Å². The second kappa shape index (κ2) is 8.32. The summed E-state index contributed by atoms with van der Waals surface area (Å²) in [5, 5.41) is 5.62. The highest BCUT2D eigenvalue weighted by Gasteiger charge is 2.24. The normalized spacial score (nSPS) is 20.7. The molecule has 0 aliphatic heterocycles. The van der Waals surface area contributed by atoms with Gasteiger partial charge in [0, 0.05) is 18.5 Å². The monoisotopic (exact) mass is 332 g/mol. The molecule has 2 aromatic rings. The standard InChI is InChI=1S/C19H24N2O.ClH/c20-17-9-4-8-16(13-17)19(22)21-12-11-15-7-3-6-14-5-1-2-10-18(14)15;/h1-3,5-7,10,16-17H,4,8-9,11-13,20H2,(H,21,22);1H. The van der Waals surface area contributed by atoms with E-state index >= 15 is 0 Å². The number of benzene rings is 2. The molecule has 124 valence electrons. The van der Waals surface area contributed by atoms with Gasteiger partial charge in [-0.15, -0.1) is 12.4 Å². The maximum Gasteiger partial charge on any atom is 0.223 e. The smallest absolute Gasteiger partial charge is 0.223 e. The highest BCUT2D eigenvalue weighted by Crippen LogP contribution is 2.23. The van der Waals surface area contributed by atoms with Crippen LogP contribution >= 0.6 is 12.4 Å². The summed E-state index contributed by atoms with van der Waals surface area (Å²) in [5.74, 6) is 0.284. The Morgan fingerprint density at radius 3 is 2.74 bits per heavy atom. The third-order valence-corrected chi connectivity index (χ3v) is 4.66. The highest BCUT2D eigenvalue weighted by atomic mass is 35.5. The van der Waals surface area contributed by atoms with Gasteiger partial charge in [0.1, 0.15) is 0 Å². The zero-order valence-electron chi connectivity index (χ0n) is 13.3. The summed E-state index contributed by atoms with van der Waals surface area (Å²) in [7, 11) is 0. The molecule has 0 bridgehead atoms. The largest absolute Gasteiger partial charge is 0.356 e. The van der Waals surface area contributed by atoms with Crippen molar-refractivity contribution in [1.29, 1.82) is 0 Å². The fourth-order valence-corrected chi connectivity index (χ4v) is 3.44. The fraction of sp³-hybridized carbons (Fsp3) is 0.421. The Morgan fingerprint density at radius 1 is 1.13 bits per heavy atom. The van der Waals surface area contributed by atoms with E-state index in [1.165, 1.54) is 16.3 Å².